The molecule has 0 spiro atoms. The number of fused-ring (bicyclic) bond motifs is 1. The fraction of sp³-hybridized carbons (Fsp3) is 0.850. The lowest BCUT2D eigenvalue weighted by molar-refractivity contribution is -0.277. The van der Waals surface area contributed by atoms with Crippen LogP contribution in [0.1, 0.15) is 45.4 Å². The molecule has 7 nitrogen and oxygen atoms in total. The van der Waals surface area contributed by atoms with E-state index >= 15 is 0 Å². The zero-order valence-electron chi connectivity index (χ0n) is 18.7. The largest absolute Gasteiger partial charge is 0.459 e. The molecule has 0 bridgehead atoms. The van der Waals surface area contributed by atoms with Gasteiger partial charge in [-0.1, -0.05) is 6.58 Å². The summed E-state index contributed by atoms with van der Waals surface area (Å²) in [4.78, 5) is 12.2. The SMILES string of the molecule is C=C(COCCC(F)(F)C(F)(F)S(=O)(=O)O)C(=O)OC1CCC2CC(C(C)(O)C(F)(F)F)CCC21. The molecule has 0 aromatic carbocycles. The van der Waals surface area contributed by atoms with Crippen LogP contribution in [-0.4, -0.2) is 66.3 Å². The Morgan fingerprint density at radius 1 is 1.06 bits per heavy atom. The highest BCUT2D eigenvalue weighted by Crippen LogP contribution is 2.51. The molecule has 2 aliphatic carbocycles. The first-order chi connectivity index (χ1) is 15.7. The third kappa shape index (κ3) is 6.28. The van der Waals surface area contributed by atoms with E-state index in [1.165, 1.54) is 0 Å². The number of esters is 1. The minimum atomic E-state index is -6.37. The van der Waals surface area contributed by atoms with E-state index in [0.717, 1.165) is 6.92 Å². The van der Waals surface area contributed by atoms with Crippen molar-refractivity contribution in [2.24, 2.45) is 17.8 Å². The fourth-order valence-corrected chi connectivity index (χ4v) is 5.08. The van der Waals surface area contributed by atoms with Gasteiger partial charge in [0.15, 0.2) is 5.60 Å². The summed E-state index contributed by atoms with van der Waals surface area (Å²) in [5, 5.41) is 4.22. The molecule has 2 saturated carbocycles. The van der Waals surface area contributed by atoms with E-state index in [1.54, 1.807) is 0 Å². The van der Waals surface area contributed by atoms with Gasteiger partial charge in [0.2, 0.25) is 0 Å². The Morgan fingerprint density at radius 2 is 1.66 bits per heavy atom. The minimum Gasteiger partial charge on any atom is -0.459 e. The van der Waals surface area contributed by atoms with Crippen LogP contribution in [0, 0.1) is 17.8 Å². The van der Waals surface area contributed by atoms with Gasteiger partial charge >= 0.3 is 33.4 Å². The third-order valence-electron chi connectivity index (χ3n) is 6.84. The van der Waals surface area contributed by atoms with Gasteiger partial charge in [-0.15, -0.1) is 0 Å². The lowest BCUT2D eigenvalue weighted by atomic mass is 9.69. The van der Waals surface area contributed by atoms with E-state index < -0.39 is 70.7 Å². The Morgan fingerprint density at radius 3 is 2.20 bits per heavy atom. The van der Waals surface area contributed by atoms with Crippen molar-refractivity contribution in [3.8, 4) is 0 Å². The highest BCUT2D eigenvalue weighted by Gasteiger charge is 2.65. The maximum atomic E-state index is 13.4. The average Bonchev–Trinajstić information content (AvgIpc) is 3.11. The molecule has 0 aromatic heterocycles. The summed E-state index contributed by atoms with van der Waals surface area (Å²) in [7, 11) is -6.37. The van der Waals surface area contributed by atoms with Crippen LogP contribution in [0.25, 0.3) is 0 Å². The topological polar surface area (TPSA) is 110 Å². The first kappa shape index (κ1) is 29.8. The van der Waals surface area contributed by atoms with Gasteiger partial charge in [-0.25, -0.2) is 4.79 Å². The molecule has 2 rings (SSSR count). The second-order valence-electron chi connectivity index (χ2n) is 9.20. The van der Waals surface area contributed by atoms with E-state index in [-0.39, 0.29) is 30.3 Å². The van der Waals surface area contributed by atoms with Crippen LogP contribution in [0.3, 0.4) is 0 Å². The smallest absolute Gasteiger partial charge is 0.431 e. The summed E-state index contributed by atoms with van der Waals surface area (Å²) in [6.07, 6.45) is -5.86. The minimum absolute atomic E-state index is 0.0776. The van der Waals surface area contributed by atoms with E-state index in [9.17, 15) is 49.1 Å². The van der Waals surface area contributed by atoms with Crippen LogP contribution in [0.15, 0.2) is 12.2 Å². The zero-order valence-corrected chi connectivity index (χ0v) is 19.5. The molecule has 5 atom stereocenters. The molecule has 35 heavy (non-hydrogen) atoms. The third-order valence-corrected chi connectivity index (χ3v) is 7.79. The van der Waals surface area contributed by atoms with Crippen molar-refractivity contribution < 1.29 is 63.1 Å². The van der Waals surface area contributed by atoms with Crippen LogP contribution in [0.5, 0.6) is 0 Å². The molecule has 0 heterocycles. The summed E-state index contributed by atoms with van der Waals surface area (Å²) in [5.41, 5.74) is -3.17. The molecule has 2 fully saturated rings. The molecule has 0 aliphatic heterocycles. The molecule has 2 aliphatic rings. The van der Waals surface area contributed by atoms with Gasteiger partial charge in [-0.3, -0.25) is 4.55 Å². The normalized spacial score (nSPS) is 27.7. The molecule has 0 saturated heterocycles. The fourth-order valence-electron chi connectivity index (χ4n) is 4.60. The summed E-state index contributed by atoms with van der Waals surface area (Å²) < 4.78 is 132. The van der Waals surface area contributed by atoms with Crippen molar-refractivity contribution in [2.75, 3.05) is 13.2 Å². The maximum absolute atomic E-state index is 13.4. The molecule has 0 amide bonds. The molecule has 0 radical (unpaired) electrons. The summed E-state index contributed by atoms with van der Waals surface area (Å²) in [6.45, 7) is 2.32. The van der Waals surface area contributed by atoms with E-state index in [0.29, 0.717) is 19.3 Å². The van der Waals surface area contributed by atoms with E-state index in [4.69, 9.17) is 14.0 Å². The zero-order chi connectivity index (χ0) is 27.0. The van der Waals surface area contributed by atoms with Gasteiger partial charge < -0.3 is 14.6 Å². The van der Waals surface area contributed by atoms with Gasteiger partial charge in [0, 0.05) is 6.42 Å². The van der Waals surface area contributed by atoms with Crippen molar-refractivity contribution in [3.05, 3.63) is 12.2 Å². The van der Waals surface area contributed by atoms with Crippen LogP contribution in [0.2, 0.25) is 0 Å². The van der Waals surface area contributed by atoms with Crippen molar-refractivity contribution in [3.63, 3.8) is 0 Å². The predicted octanol–water partition coefficient (Wildman–Crippen LogP) is 4.12. The van der Waals surface area contributed by atoms with Gasteiger partial charge in [-0.05, 0) is 56.8 Å². The van der Waals surface area contributed by atoms with Gasteiger partial charge in [0.25, 0.3) is 0 Å². The number of alkyl halides is 7. The highest BCUT2D eigenvalue weighted by molar-refractivity contribution is 7.87. The van der Waals surface area contributed by atoms with E-state index in [2.05, 4.69) is 6.58 Å². The van der Waals surface area contributed by atoms with Gasteiger partial charge in [-0.2, -0.15) is 39.2 Å². The number of rotatable bonds is 10. The van der Waals surface area contributed by atoms with Crippen molar-refractivity contribution >= 4 is 16.1 Å². The average molecular weight is 544 g/mol. The number of ether oxygens (including phenoxy) is 2. The van der Waals surface area contributed by atoms with Crippen LogP contribution < -0.4 is 0 Å². The summed E-state index contributed by atoms with van der Waals surface area (Å²) in [5.74, 6) is -7.52. The van der Waals surface area contributed by atoms with Crippen molar-refractivity contribution in [1.82, 2.24) is 0 Å². The monoisotopic (exact) mass is 544 g/mol. The van der Waals surface area contributed by atoms with Gasteiger partial charge in [0.05, 0.1) is 18.8 Å². The van der Waals surface area contributed by atoms with Crippen molar-refractivity contribution in [1.29, 1.82) is 0 Å². The molecule has 204 valence electrons. The Balaban J connectivity index is 1.82. The van der Waals surface area contributed by atoms with Crippen LogP contribution >= 0.6 is 0 Å². The molecule has 5 unspecified atom stereocenters. The molecule has 15 heteroatoms. The predicted molar refractivity (Wildman–Crippen MR) is 106 cm³/mol. The Bertz CT molecular complexity index is 902. The molecular formula is C20H27F7O7S. The highest BCUT2D eigenvalue weighted by atomic mass is 32.2. The summed E-state index contributed by atoms with van der Waals surface area (Å²) in [6, 6.07) is 0. The first-order valence-electron chi connectivity index (χ1n) is 10.7. The van der Waals surface area contributed by atoms with E-state index in [1.807, 2.05) is 0 Å². The second kappa shape index (κ2) is 10.1. The van der Waals surface area contributed by atoms with Crippen LogP contribution in [0.4, 0.5) is 30.7 Å². The second-order valence-corrected chi connectivity index (χ2v) is 10.7. The number of hydrogen-bond acceptors (Lipinski definition) is 6. The van der Waals surface area contributed by atoms with Crippen molar-refractivity contribution in [2.45, 2.75) is 74.5 Å². The quantitative estimate of drug-likeness (QED) is 0.140. The lowest BCUT2D eigenvalue weighted by Crippen LogP contribution is -2.51. The molecular weight excluding hydrogens is 517 g/mol. The Kier molecular flexibility index (Phi) is 8.62. The number of carbonyl (C=O) groups is 1. The summed E-state index contributed by atoms with van der Waals surface area (Å²) >= 11 is 0. The van der Waals surface area contributed by atoms with Crippen LogP contribution in [-0.2, 0) is 24.4 Å². The number of aliphatic hydroxyl groups is 1. The first-order valence-corrected chi connectivity index (χ1v) is 12.1. The molecule has 2 N–H and O–H groups in total. The number of halogens is 7. The number of carbonyl (C=O) groups excluding carboxylic acids is 1. The maximum Gasteiger partial charge on any atom is 0.431 e. The standard InChI is InChI=1S/C20H27F7O7S/c1-11(10-33-8-7-18(21,22)20(26,27)35(30,31)32)16(28)34-15-6-3-12-9-13(4-5-14(12)15)17(2,29)19(23,24)25/h12-15,29H,1,3-10H2,2H3,(H,30,31,32). The Labute approximate surface area is 197 Å². The Hall–Kier alpha value is -1.45. The van der Waals surface area contributed by atoms with Gasteiger partial charge in [0.1, 0.15) is 6.10 Å². The number of hydrogen-bond donors (Lipinski definition) is 2. The lowest BCUT2D eigenvalue weighted by Gasteiger charge is -2.41. The molecule has 0 aromatic rings.